The molecular formula is C19H18N4O2. The molecule has 1 aliphatic rings. The van der Waals surface area contributed by atoms with Crippen LogP contribution in [-0.4, -0.2) is 34.4 Å². The number of nitrogens with zero attached hydrogens (tertiary/aromatic N) is 2. The van der Waals surface area contributed by atoms with E-state index in [9.17, 15) is 9.59 Å². The summed E-state index contributed by atoms with van der Waals surface area (Å²) in [6.45, 7) is 2.25. The fourth-order valence-corrected chi connectivity index (χ4v) is 3.33. The van der Waals surface area contributed by atoms with Crippen molar-refractivity contribution in [2.75, 3.05) is 11.4 Å². The van der Waals surface area contributed by atoms with E-state index < -0.39 is 6.04 Å². The maximum atomic E-state index is 12.8. The molecule has 2 N–H and O–H groups in total. The van der Waals surface area contributed by atoms with Crippen molar-refractivity contribution in [3.63, 3.8) is 0 Å². The Morgan fingerprint density at radius 2 is 2.08 bits per heavy atom. The monoisotopic (exact) mass is 334 g/mol. The number of hydrogen-bond donors (Lipinski definition) is 2. The first-order chi connectivity index (χ1) is 12.2. The summed E-state index contributed by atoms with van der Waals surface area (Å²) in [6, 6.07) is 10.9. The number of rotatable bonds is 5. The van der Waals surface area contributed by atoms with Crippen molar-refractivity contribution in [2.24, 2.45) is 0 Å². The van der Waals surface area contributed by atoms with Crippen molar-refractivity contribution in [1.29, 1.82) is 0 Å². The minimum atomic E-state index is -0.577. The van der Waals surface area contributed by atoms with Crippen LogP contribution in [0.2, 0.25) is 0 Å². The molecule has 1 atom stereocenters. The van der Waals surface area contributed by atoms with Crippen LogP contribution in [0, 0.1) is 0 Å². The van der Waals surface area contributed by atoms with Gasteiger partial charge in [0.15, 0.2) is 0 Å². The van der Waals surface area contributed by atoms with Crippen LogP contribution in [-0.2, 0) is 11.2 Å². The lowest BCUT2D eigenvalue weighted by atomic mass is 10.1. The Labute approximate surface area is 144 Å². The molecule has 0 saturated heterocycles. The van der Waals surface area contributed by atoms with E-state index in [4.69, 9.17) is 0 Å². The van der Waals surface area contributed by atoms with Gasteiger partial charge in [-0.25, -0.2) is 4.98 Å². The highest BCUT2D eigenvalue weighted by Crippen LogP contribution is 2.38. The number of carbonyl (C=O) groups is 2. The molecule has 2 amide bonds. The molecule has 1 aliphatic heterocycles. The van der Waals surface area contributed by atoms with E-state index in [0.717, 1.165) is 22.2 Å². The number of hydrogen-bond acceptors (Lipinski definition) is 3. The lowest BCUT2D eigenvalue weighted by molar-refractivity contribution is -0.121. The standard InChI is InChI=1S/C19H18N4O2/c1-12(18(24)21-9-8-14-10-20-11-22-14)23-16-7-3-5-13-4-2-6-15(17(13)16)19(23)25/h2-7,10-12H,8-9H2,1H3,(H,20,22)(H,21,24)/t12-/m1/s1. The predicted octanol–water partition coefficient (Wildman–Crippen LogP) is 2.27. The first-order valence-corrected chi connectivity index (χ1v) is 8.27. The zero-order valence-electron chi connectivity index (χ0n) is 13.8. The molecule has 4 rings (SSSR count). The van der Waals surface area contributed by atoms with Gasteiger partial charge < -0.3 is 10.3 Å². The minimum absolute atomic E-state index is 0.122. The maximum Gasteiger partial charge on any atom is 0.259 e. The van der Waals surface area contributed by atoms with E-state index in [1.54, 1.807) is 24.3 Å². The molecule has 0 unspecified atom stereocenters. The van der Waals surface area contributed by atoms with Crippen LogP contribution in [0.15, 0.2) is 48.9 Å². The van der Waals surface area contributed by atoms with Crippen LogP contribution < -0.4 is 10.2 Å². The average Bonchev–Trinajstić information content (AvgIpc) is 3.23. The fraction of sp³-hybridized carbons (Fsp3) is 0.211. The number of anilines is 1. The Kier molecular flexibility index (Phi) is 3.72. The lowest BCUT2D eigenvalue weighted by Crippen LogP contribution is -2.47. The fourth-order valence-electron chi connectivity index (χ4n) is 3.33. The van der Waals surface area contributed by atoms with Crippen molar-refractivity contribution < 1.29 is 9.59 Å². The van der Waals surface area contributed by atoms with Crippen LogP contribution in [0.5, 0.6) is 0 Å². The SMILES string of the molecule is C[C@H](C(=O)NCCc1cnc[nH]1)N1C(=O)c2cccc3cccc1c23. The molecule has 25 heavy (non-hydrogen) atoms. The summed E-state index contributed by atoms with van der Waals surface area (Å²) in [5.74, 6) is -0.291. The van der Waals surface area contributed by atoms with E-state index in [-0.39, 0.29) is 11.8 Å². The number of benzene rings is 2. The van der Waals surface area contributed by atoms with Crippen molar-refractivity contribution in [3.05, 3.63) is 60.2 Å². The molecule has 2 heterocycles. The van der Waals surface area contributed by atoms with Gasteiger partial charge in [0.2, 0.25) is 5.91 Å². The molecule has 3 aromatic rings. The summed E-state index contributed by atoms with van der Waals surface area (Å²) >= 11 is 0. The molecule has 0 fully saturated rings. The number of aromatic nitrogens is 2. The second-order valence-corrected chi connectivity index (χ2v) is 6.15. The predicted molar refractivity (Wildman–Crippen MR) is 95.5 cm³/mol. The van der Waals surface area contributed by atoms with Gasteiger partial charge in [-0.3, -0.25) is 14.5 Å². The van der Waals surface area contributed by atoms with Gasteiger partial charge in [0.25, 0.3) is 5.91 Å². The molecule has 0 bridgehead atoms. The Bertz CT molecular complexity index is 944. The smallest absolute Gasteiger partial charge is 0.259 e. The highest BCUT2D eigenvalue weighted by atomic mass is 16.2. The largest absolute Gasteiger partial charge is 0.354 e. The van der Waals surface area contributed by atoms with Crippen LogP contribution in [0.1, 0.15) is 23.0 Å². The molecule has 6 heteroatoms. The van der Waals surface area contributed by atoms with Gasteiger partial charge >= 0.3 is 0 Å². The molecule has 0 saturated carbocycles. The number of H-pyrrole nitrogens is 1. The molecular weight excluding hydrogens is 316 g/mol. The summed E-state index contributed by atoms with van der Waals surface area (Å²) in [7, 11) is 0. The summed E-state index contributed by atoms with van der Waals surface area (Å²) in [6.07, 6.45) is 4.01. The van der Waals surface area contributed by atoms with Gasteiger partial charge in [0, 0.05) is 35.8 Å². The first kappa shape index (κ1) is 15.4. The van der Waals surface area contributed by atoms with Gasteiger partial charge in [-0.05, 0) is 24.4 Å². The lowest BCUT2D eigenvalue weighted by Gasteiger charge is -2.24. The van der Waals surface area contributed by atoms with Gasteiger partial charge in [-0.2, -0.15) is 0 Å². The van der Waals surface area contributed by atoms with E-state index in [1.165, 1.54) is 0 Å². The molecule has 6 nitrogen and oxygen atoms in total. The zero-order valence-corrected chi connectivity index (χ0v) is 13.8. The van der Waals surface area contributed by atoms with E-state index in [0.29, 0.717) is 18.5 Å². The highest BCUT2D eigenvalue weighted by Gasteiger charge is 2.35. The van der Waals surface area contributed by atoms with Crippen molar-refractivity contribution in [1.82, 2.24) is 15.3 Å². The molecule has 2 aromatic carbocycles. The van der Waals surface area contributed by atoms with Crippen molar-refractivity contribution in [3.8, 4) is 0 Å². The Hall–Kier alpha value is -3.15. The van der Waals surface area contributed by atoms with Crippen molar-refractivity contribution in [2.45, 2.75) is 19.4 Å². The molecule has 0 spiro atoms. The van der Waals surface area contributed by atoms with Gasteiger partial charge in [-0.1, -0.05) is 24.3 Å². The third kappa shape index (κ3) is 2.55. The molecule has 126 valence electrons. The topological polar surface area (TPSA) is 78.1 Å². The minimum Gasteiger partial charge on any atom is -0.354 e. The van der Waals surface area contributed by atoms with Crippen molar-refractivity contribution >= 4 is 28.3 Å². The first-order valence-electron chi connectivity index (χ1n) is 8.27. The number of aromatic amines is 1. The van der Waals surface area contributed by atoms with Gasteiger partial charge in [-0.15, -0.1) is 0 Å². The maximum absolute atomic E-state index is 12.8. The van der Waals surface area contributed by atoms with E-state index >= 15 is 0 Å². The van der Waals surface area contributed by atoms with Crippen LogP contribution >= 0.6 is 0 Å². The third-order valence-corrected chi connectivity index (χ3v) is 4.61. The van der Waals surface area contributed by atoms with E-state index in [2.05, 4.69) is 15.3 Å². The Morgan fingerprint density at radius 3 is 2.84 bits per heavy atom. The van der Waals surface area contributed by atoms with Crippen LogP contribution in [0.4, 0.5) is 5.69 Å². The quantitative estimate of drug-likeness (QED) is 0.751. The number of nitrogens with one attached hydrogen (secondary N) is 2. The van der Waals surface area contributed by atoms with Crippen LogP contribution in [0.25, 0.3) is 10.8 Å². The van der Waals surface area contributed by atoms with Gasteiger partial charge in [0.05, 0.1) is 12.0 Å². The summed E-state index contributed by atoms with van der Waals surface area (Å²) in [5, 5.41) is 4.83. The summed E-state index contributed by atoms with van der Waals surface area (Å²) < 4.78 is 0. The number of amides is 2. The molecule has 0 radical (unpaired) electrons. The normalized spacial score (nSPS) is 14.1. The second kappa shape index (κ2) is 6.05. The molecule has 0 aliphatic carbocycles. The number of carbonyl (C=O) groups excluding carboxylic acids is 2. The average molecular weight is 334 g/mol. The molecule has 1 aromatic heterocycles. The third-order valence-electron chi connectivity index (χ3n) is 4.61. The Balaban J connectivity index is 1.53. The second-order valence-electron chi connectivity index (χ2n) is 6.15. The zero-order chi connectivity index (χ0) is 17.4. The van der Waals surface area contributed by atoms with Gasteiger partial charge in [0.1, 0.15) is 6.04 Å². The van der Waals surface area contributed by atoms with Crippen LogP contribution in [0.3, 0.4) is 0 Å². The van der Waals surface area contributed by atoms with E-state index in [1.807, 2.05) is 36.4 Å². The summed E-state index contributed by atoms with van der Waals surface area (Å²) in [4.78, 5) is 33.9. The summed E-state index contributed by atoms with van der Waals surface area (Å²) in [5.41, 5.74) is 2.42. The number of imidazole rings is 1. The Morgan fingerprint density at radius 1 is 1.28 bits per heavy atom. The highest BCUT2D eigenvalue weighted by molar-refractivity contribution is 6.26.